The summed E-state index contributed by atoms with van der Waals surface area (Å²) in [5.41, 5.74) is 1.39. The fraction of sp³-hybridized carbons (Fsp3) is 0.240. The van der Waals surface area contributed by atoms with Gasteiger partial charge >= 0.3 is 0 Å². The van der Waals surface area contributed by atoms with E-state index in [9.17, 15) is 13.2 Å². The van der Waals surface area contributed by atoms with Crippen molar-refractivity contribution in [3.8, 4) is 0 Å². The fourth-order valence-electron chi connectivity index (χ4n) is 3.28. The summed E-state index contributed by atoms with van der Waals surface area (Å²) in [4.78, 5) is 14.0. The number of amides is 1. The lowest BCUT2D eigenvalue weighted by Crippen LogP contribution is -2.41. The lowest BCUT2D eigenvalue weighted by Gasteiger charge is -2.26. The monoisotopic (exact) mass is 502 g/mol. The zero-order valence-corrected chi connectivity index (χ0v) is 20.8. The van der Waals surface area contributed by atoms with Crippen LogP contribution in [0.25, 0.3) is 0 Å². The van der Waals surface area contributed by atoms with Crippen molar-refractivity contribution in [2.45, 2.75) is 29.6 Å². The molecule has 0 bridgehead atoms. The number of hydrogen-bond donors (Lipinski definition) is 1. The van der Waals surface area contributed by atoms with Crippen LogP contribution in [-0.4, -0.2) is 33.2 Å². The molecule has 0 aliphatic rings. The van der Waals surface area contributed by atoms with Gasteiger partial charge in [0.05, 0.1) is 10.6 Å². The summed E-state index contributed by atoms with van der Waals surface area (Å²) in [5.74, 6) is 0.490. The van der Waals surface area contributed by atoms with Crippen LogP contribution in [0.1, 0.15) is 18.9 Å². The van der Waals surface area contributed by atoms with Gasteiger partial charge < -0.3 is 5.32 Å². The molecule has 174 valence electrons. The highest BCUT2D eigenvalue weighted by Crippen LogP contribution is 2.27. The van der Waals surface area contributed by atoms with Gasteiger partial charge in [-0.15, -0.1) is 11.8 Å². The number of anilines is 1. The molecule has 0 aromatic heterocycles. The summed E-state index contributed by atoms with van der Waals surface area (Å²) in [6.07, 6.45) is 1.41. The van der Waals surface area contributed by atoms with Crippen molar-refractivity contribution in [1.29, 1.82) is 0 Å². The van der Waals surface area contributed by atoms with E-state index in [1.54, 1.807) is 54.2 Å². The third-order valence-electron chi connectivity index (χ3n) is 4.99. The number of hydrogen-bond acceptors (Lipinski definition) is 4. The summed E-state index contributed by atoms with van der Waals surface area (Å²) >= 11 is 7.58. The van der Waals surface area contributed by atoms with Gasteiger partial charge in [-0.05, 0) is 66.6 Å². The lowest BCUT2D eigenvalue weighted by atomic mass is 10.1. The summed E-state index contributed by atoms with van der Waals surface area (Å²) in [7, 11) is -3.90. The van der Waals surface area contributed by atoms with Crippen LogP contribution in [0.3, 0.4) is 0 Å². The highest BCUT2D eigenvalue weighted by Gasteiger charge is 2.28. The molecule has 0 radical (unpaired) electrons. The van der Waals surface area contributed by atoms with E-state index in [1.807, 2.05) is 43.3 Å². The standard InChI is InChI=1S/C25H27ClN2O3S2/c1-2-20-9-6-7-12-24(20)28(33(30,31)23-10-4-3-5-11-23)19-25(29)27-17-8-18-32-22-15-13-21(26)14-16-22/h3-7,9-16H,2,8,17-19H2,1H3,(H,27,29). The predicted molar refractivity (Wildman–Crippen MR) is 137 cm³/mol. The number of rotatable bonds is 11. The smallest absolute Gasteiger partial charge is 0.264 e. The second-order valence-corrected chi connectivity index (χ2v) is 10.8. The summed E-state index contributed by atoms with van der Waals surface area (Å²) in [6, 6.07) is 23.1. The van der Waals surface area contributed by atoms with Gasteiger partial charge in [-0.25, -0.2) is 8.42 Å². The second-order valence-electron chi connectivity index (χ2n) is 7.31. The van der Waals surface area contributed by atoms with E-state index < -0.39 is 10.0 Å². The molecule has 0 saturated heterocycles. The van der Waals surface area contributed by atoms with E-state index >= 15 is 0 Å². The molecular weight excluding hydrogens is 476 g/mol. The van der Waals surface area contributed by atoms with Crippen molar-refractivity contribution < 1.29 is 13.2 Å². The molecule has 1 N–H and O–H groups in total. The molecule has 0 unspecified atom stereocenters. The van der Waals surface area contributed by atoms with Gasteiger partial charge in [0.25, 0.3) is 10.0 Å². The first-order valence-electron chi connectivity index (χ1n) is 10.7. The van der Waals surface area contributed by atoms with Crippen LogP contribution in [0.2, 0.25) is 5.02 Å². The number of thioether (sulfide) groups is 1. The first-order valence-corrected chi connectivity index (χ1v) is 13.5. The molecule has 5 nitrogen and oxygen atoms in total. The van der Waals surface area contributed by atoms with E-state index in [4.69, 9.17) is 11.6 Å². The Morgan fingerprint density at radius 1 is 0.970 bits per heavy atom. The largest absolute Gasteiger partial charge is 0.354 e. The minimum Gasteiger partial charge on any atom is -0.354 e. The van der Waals surface area contributed by atoms with Gasteiger partial charge in [0.2, 0.25) is 5.91 Å². The fourth-order valence-corrected chi connectivity index (χ4v) is 5.74. The SMILES string of the molecule is CCc1ccccc1N(CC(=O)NCCCSc1ccc(Cl)cc1)S(=O)(=O)c1ccccc1. The maximum atomic E-state index is 13.4. The molecule has 0 fully saturated rings. The number of halogens is 1. The van der Waals surface area contributed by atoms with Crippen molar-refractivity contribution in [2.24, 2.45) is 0 Å². The summed E-state index contributed by atoms with van der Waals surface area (Å²) in [6.45, 7) is 2.15. The van der Waals surface area contributed by atoms with Crippen LogP contribution in [0.4, 0.5) is 5.69 Å². The molecule has 0 saturated carbocycles. The number of nitrogens with one attached hydrogen (secondary N) is 1. The Morgan fingerprint density at radius 3 is 2.33 bits per heavy atom. The predicted octanol–water partition coefficient (Wildman–Crippen LogP) is 5.40. The van der Waals surface area contributed by atoms with Crippen LogP contribution < -0.4 is 9.62 Å². The molecular formula is C25H27ClN2O3S2. The number of carbonyl (C=O) groups excluding carboxylic acids is 1. The van der Waals surface area contributed by atoms with Crippen molar-refractivity contribution in [1.82, 2.24) is 5.32 Å². The van der Waals surface area contributed by atoms with E-state index in [2.05, 4.69) is 5.32 Å². The third-order valence-corrected chi connectivity index (χ3v) is 8.11. The number of benzene rings is 3. The molecule has 33 heavy (non-hydrogen) atoms. The quantitative estimate of drug-likeness (QED) is 0.282. The Hall–Kier alpha value is -2.48. The molecule has 0 heterocycles. The first kappa shape index (κ1) is 25.1. The minimum absolute atomic E-state index is 0.156. The van der Waals surface area contributed by atoms with Gasteiger partial charge in [-0.2, -0.15) is 0 Å². The van der Waals surface area contributed by atoms with Gasteiger partial charge in [0.15, 0.2) is 0 Å². The number of para-hydroxylation sites is 1. The highest BCUT2D eigenvalue weighted by atomic mass is 35.5. The summed E-state index contributed by atoms with van der Waals surface area (Å²) in [5, 5.41) is 3.56. The zero-order chi connectivity index (χ0) is 23.7. The van der Waals surface area contributed by atoms with E-state index in [-0.39, 0.29) is 17.3 Å². The average Bonchev–Trinajstić information content (AvgIpc) is 2.84. The van der Waals surface area contributed by atoms with E-state index in [1.165, 1.54) is 4.31 Å². The number of sulfonamides is 1. The molecule has 3 rings (SSSR count). The van der Waals surface area contributed by atoms with Gasteiger partial charge in [-0.3, -0.25) is 9.10 Å². The Balaban J connectivity index is 1.66. The van der Waals surface area contributed by atoms with Crippen LogP contribution in [0, 0.1) is 0 Å². The zero-order valence-electron chi connectivity index (χ0n) is 18.4. The molecule has 0 aliphatic heterocycles. The number of carbonyl (C=O) groups is 1. The Morgan fingerprint density at radius 2 is 1.64 bits per heavy atom. The van der Waals surface area contributed by atoms with Crippen molar-refractivity contribution in [3.05, 3.63) is 89.4 Å². The molecule has 8 heteroatoms. The van der Waals surface area contributed by atoms with Crippen molar-refractivity contribution in [2.75, 3.05) is 23.1 Å². The van der Waals surface area contributed by atoms with Crippen LogP contribution in [-0.2, 0) is 21.2 Å². The van der Waals surface area contributed by atoms with Crippen LogP contribution in [0.15, 0.2) is 88.7 Å². The summed E-state index contributed by atoms with van der Waals surface area (Å²) < 4.78 is 28.1. The molecule has 3 aromatic rings. The van der Waals surface area contributed by atoms with Gasteiger partial charge in [-0.1, -0.05) is 54.9 Å². The van der Waals surface area contributed by atoms with E-state index in [0.29, 0.717) is 23.7 Å². The topological polar surface area (TPSA) is 66.5 Å². The molecule has 0 atom stereocenters. The lowest BCUT2D eigenvalue weighted by molar-refractivity contribution is -0.119. The first-order chi connectivity index (χ1) is 15.9. The van der Waals surface area contributed by atoms with Gasteiger partial charge in [0.1, 0.15) is 6.54 Å². The second kappa shape index (κ2) is 12.1. The van der Waals surface area contributed by atoms with Crippen molar-refractivity contribution >= 4 is 45.0 Å². The molecule has 3 aromatic carbocycles. The highest BCUT2D eigenvalue weighted by molar-refractivity contribution is 7.99. The normalized spacial score (nSPS) is 11.2. The average molecular weight is 503 g/mol. The maximum absolute atomic E-state index is 13.4. The van der Waals surface area contributed by atoms with Gasteiger partial charge in [0, 0.05) is 16.5 Å². The Bertz CT molecular complexity index is 1150. The van der Waals surface area contributed by atoms with Crippen LogP contribution >= 0.6 is 23.4 Å². The number of aryl methyl sites for hydroxylation is 1. The van der Waals surface area contributed by atoms with E-state index in [0.717, 1.165) is 22.6 Å². The molecule has 0 aliphatic carbocycles. The third kappa shape index (κ3) is 7.00. The Kier molecular flexibility index (Phi) is 9.23. The van der Waals surface area contributed by atoms with Crippen LogP contribution in [0.5, 0.6) is 0 Å². The minimum atomic E-state index is -3.90. The molecule has 0 spiro atoms. The maximum Gasteiger partial charge on any atom is 0.264 e. The number of nitrogens with zero attached hydrogens (tertiary/aromatic N) is 1. The Labute approximate surface area is 205 Å². The molecule has 1 amide bonds. The van der Waals surface area contributed by atoms with Crippen molar-refractivity contribution in [3.63, 3.8) is 0 Å².